The maximum Gasteiger partial charge on any atom is 0.338 e. The second kappa shape index (κ2) is 8.31. The van der Waals surface area contributed by atoms with E-state index < -0.39 is 23.9 Å². The van der Waals surface area contributed by atoms with Gasteiger partial charge in [-0.15, -0.1) is 0 Å². The van der Waals surface area contributed by atoms with Crippen molar-refractivity contribution in [3.63, 3.8) is 0 Å². The Bertz CT molecular complexity index is 1110. The van der Waals surface area contributed by atoms with E-state index in [-0.39, 0.29) is 18.7 Å². The van der Waals surface area contributed by atoms with Crippen LogP contribution in [0.3, 0.4) is 0 Å². The van der Waals surface area contributed by atoms with Crippen molar-refractivity contribution in [1.82, 2.24) is 10.2 Å². The van der Waals surface area contributed by atoms with Crippen LogP contribution in [0.25, 0.3) is 0 Å². The van der Waals surface area contributed by atoms with Crippen molar-refractivity contribution in [1.29, 1.82) is 0 Å². The Morgan fingerprint density at radius 3 is 2.81 bits per heavy atom. The minimum Gasteiger partial charge on any atom is -0.495 e. The highest BCUT2D eigenvalue weighted by molar-refractivity contribution is 6.31. The van der Waals surface area contributed by atoms with E-state index in [0.29, 0.717) is 27.7 Å². The number of urea groups is 1. The van der Waals surface area contributed by atoms with Gasteiger partial charge in [-0.25, -0.2) is 9.59 Å². The number of nitrogens with one attached hydrogen (secondary N) is 2. The molecule has 0 bridgehead atoms. The van der Waals surface area contributed by atoms with Gasteiger partial charge in [-0.05, 0) is 36.2 Å². The first kappa shape index (κ1) is 20.7. The van der Waals surface area contributed by atoms with Gasteiger partial charge in [0.2, 0.25) is 5.91 Å². The van der Waals surface area contributed by atoms with E-state index in [9.17, 15) is 14.4 Å². The van der Waals surface area contributed by atoms with Gasteiger partial charge in [-0.1, -0.05) is 35.9 Å². The number of carbonyl (C=O) groups is 3. The van der Waals surface area contributed by atoms with E-state index in [1.54, 1.807) is 36.4 Å². The molecule has 31 heavy (non-hydrogen) atoms. The van der Waals surface area contributed by atoms with Gasteiger partial charge in [0.05, 0.1) is 30.1 Å². The lowest BCUT2D eigenvalue weighted by atomic mass is 9.95. The first-order valence-electron chi connectivity index (χ1n) is 9.56. The normalized spacial score (nSPS) is 17.8. The molecular weight excluding hydrogens is 422 g/mol. The average molecular weight is 442 g/mol. The van der Waals surface area contributed by atoms with Crippen LogP contribution >= 0.6 is 11.6 Å². The third-order valence-corrected chi connectivity index (χ3v) is 5.49. The van der Waals surface area contributed by atoms with Gasteiger partial charge >= 0.3 is 12.0 Å². The summed E-state index contributed by atoms with van der Waals surface area (Å²) in [5, 5.41) is 5.94. The summed E-state index contributed by atoms with van der Waals surface area (Å²) in [6.45, 7) is 1.50. The number of aryl methyl sites for hydroxylation is 1. The number of anilines is 1. The first-order valence-corrected chi connectivity index (χ1v) is 9.94. The van der Waals surface area contributed by atoms with E-state index in [4.69, 9.17) is 21.1 Å². The van der Waals surface area contributed by atoms with Crippen LogP contribution in [-0.2, 0) is 14.3 Å². The minimum absolute atomic E-state index is 0.0937. The Morgan fingerprint density at radius 2 is 2.06 bits per heavy atom. The molecule has 2 aliphatic rings. The van der Waals surface area contributed by atoms with E-state index in [2.05, 4.69) is 10.6 Å². The van der Waals surface area contributed by atoms with Crippen LogP contribution in [0.4, 0.5) is 10.5 Å². The van der Waals surface area contributed by atoms with Crippen molar-refractivity contribution in [3.05, 3.63) is 69.9 Å². The van der Waals surface area contributed by atoms with Crippen LogP contribution in [0.1, 0.15) is 17.2 Å². The molecule has 0 aromatic heterocycles. The number of ether oxygens (including phenoxy) is 2. The number of hydrogen-bond donors (Lipinski definition) is 2. The molecule has 3 amide bonds. The van der Waals surface area contributed by atoms with E-state index in [0.717, 1.165) is 5.56 Å². The second-order valence-corrected chi connectivity index (χ2v) is 7.59. The second-order valence-electron chi connectivity index (χ2n) is 7.18. The number of amides is 3. The van der Waals surface area contributed by atoms with Gasteiger partial charge in [0, 0.05) is 5.02 Å². The standard InChI is InChI=1S/C22H20ClN3O5/c1-12-7-8-17(30-2)15(9-12)24-18(27)10-26-16-11-31-21(28)19(16)20(25-22(26)29)13-5-3-4-6-14(13)23/h3-9,20H,10-11H2,1-2H3,(H,24,27)(H,25,29). The summed E-state index contributed by atoms with van der Waals surface area (Å²) in [4.78, 5) is 39.2. The molecule has 0 aliphatic carbocycles. The number of benzene rings is 2. The topological polar surface area (TPSA) is 97.0 Å². The molecule has 160 valence electrons. The number of nitrogens with zero attached hydrogens (tertiary/aromatic N) is 1. The number of methoxy groups -OCH3 is 1. The van der Waals surface area contributed by atoms with Gasteiger partial charge in [-0.3, -0.25) is 9.69 Å². The maximum atomic E-state index is 12.9. The van der Waals surface area contributed by atoms with Crippen molar-refractivity contribution in [3.8, 4) is 5.75 Å². The first-order chi connectivity index (χ1) is 14.9. The van der Waals surface area contributed by atoms with Gasteiger partial charge in [0.25, 0.3) is 0 Å². The van der Waals surface area contributed by atoms with Crippen LogP contribution in [0.2, 0.25) is 5.02 Å². The number of cyclic esters (lactones) is 1. The van der Waals surface area contributed by atoms with Crippen LogP contribution in [-0.4, -0.2) is 43.1 Å². The third-order valence-electron chi connectivity index (χ3n) is 5.15. The molecular formula is C22H20ClN3O5. The molecule has 0 radical (unpaired) electrons. The van der Waals surface area contributed by atoms with Gasteiger partial charge < -0.3 is 20.1 Å². The number of esters is 1. The molecule has 0 saturated heterocycles. The molecule has 0 saturated carbocycles. The largest absolute Gasteiger partial charge is 0.495 e. The highest BCUT2D eigenvalue weighted by atomic mass is 35.5. The summed E-state index contributed by atoms with van der Waals surface area (Å²) in [5.41, 5.74) is 2.64. The summed E-state index contributed by atoms with van der Waals surface area (Å²) in [5.74, 6) is -0.493. The van der Waals surface area contributed by atoms with Gasteiger partial charge in [-0.2, -0.15) is 0 Å². The Labute approximate surface area is 183 Å². The van der Waals surface area contributed by atoms with Crippen LogP contribution in [0.5, 0.6) is 5.75 Å². The lowest BCUT2D eigenvalue weighted by Crippen LogP contribution is -2.49. The van der Waals surface area contributed by atoms with Gasteiger partial charge in [0.15, 0.2) is 0 Å². The Balaban J connectivity index is 1.61. The fourth-order valence-corrected chi connectivity index (χ4v) is 3.92. The van der Waals surface area contributed by atoms with Crippen LogP contribution < -0.4 is 15.4 Å². The zero-order chi connectivity index (χ0) is 22.1. The van der Waals surface area contributed by atoms with Crippen LogP contribution in [0, 0.1) is 6.92 Å². The molecule has 1 atom stereocenters. The summed E-state index contributed by atoms with van der Waals surface area (Å²) in [6.07, 6.45) is 0. The SMILES string of the molecule is COc1ccc(C)cc1NC(=O)CN1C(=O)NC(c2ccccc2Cl)C2=C1COC2=O. The Kier molecular flexibility index (Phi) is 5.56. The fourth-order valence-electron chi connectivity index (χ4n) is 3.67. The maximum absolute atomic E-state index is 12.9. The zero-order valence-corrected chi connectivity index (χ0v) is 17.7. The molecule has 2 aromatic carbocycles. The smallest absolute Gasteiger partial charge is 0.338 e. The molecule has 2 aromatic rings. The van der Waals surface area contributed by atoms with Crippen molar-refractivity contribution < 1.29 is 23.9 Å². The molecule has 9 heteroatoms. The number of rotatable bonds is 5. The number of halogens is 1. The third kappa shape index (κ3) is 3.94. The summed E-state index contributed by atoms with van der Waals surface area (Å²) in [6, 6.07) is 11.0. The molecule has 8 nitrogen and oxygen atoms in total. The number of carbonyl (C=O) groups excluding carboxylic acids is 3. The number of hydrogen-bond acceptors (Lipinski definition) is 5. The predicted molar refractivity (Wildman–Crippen MR) is 114 cm³/mol. The van der Waals surface area contributed by atoms with Crippen molar-refractivity contribution in [2.45, 2.75) is 13.0 Å². The highest BCUT2D eigenvalue weighted by Crippen LogP contribution is 2.37. The monoisotopic (exact) mass is 441 g/mol. The molecule has 2 N–H and O–H groups in total. The van der Waals surface area contributed by atoms with Crippen molar-refractivity contribution in [2.75, 3.05) is 25.6 Å². The van der Waals surface area contributed by atoms with E-state index in [1.807, 2.05) is 13.0 Å². The predicted octanol–water partition coefficient (Wildman–Crippen LogP) is 3.17. The molecule has 2 heterocycles. The van der Waals surface area contributed by atoms with Crippen LogP contribution in [0.15, 0.2) is 53.7 Å². The molecule has 1 unspecified atom stereocenters. The van der Waals surface area contributed by atoms with Crippen molar-refractivity contribution >= 4 is 35.2 Å². The lowest BCUT2D eigenvalue weighted by molar-refractivity contribution is -0.136. The minimum atomic E-state index is -0.748. The summed E-state index contributed by atoms with van der Waals surface area (Å²) < 4.78 is 10.5. The quantitative estimate of drug-likeness (QED) is 0.694. The highest BCUT2D eigenvalue weighted by Gasteiger charge is 2.43. The van der Waals surface area contributed by atoms with E-state index >= 15 is 0 Å². The fraction of sp³-hybridized carbons (Fsp3) is 0.227. The lowest BCUT2D eigenvalue weighted by Gasteiger charge is -2.32. The van der Waals surface area contributed by atoms with Crippen molar-refractivity contribution in [2.24, 2.45) is 0 Å². The van der Waals surface area contributed by atoms with E-state index in [1.165, 1.54) is 12.0 Å². The molecule has 0 fully saturated rings. The average Bonchev–Trinajstić information content (AvgIpc) is 3.12. The van der Waals surface area contributed by atoms with Gasteiger partial charge in [0.1, 0.15) is 18.9 Å². The molecule has 0 spiro atoms. The Hall–Kier alpha value is -3.52. The zero-order valence-electron chi connectivity index (χ0n) is 16.9. The molecule has 4 rings (SSSR count). The summed E-state index contributed by atoms with van der Waals surface area (Å²) >= 11 is 6.28. The molecule has 2 aliphatic heterocycles. The summed E-state index contributed by atoms with van der Waals surface area (Å²) in [7, 11) is 1.51. The Morgan fingerprint density at radius 1 is 1.29 bits per heavy atom.